The van der Waals surface area contributed by atoms with E-state index in [4.69, 9.17) is 0 Å². The van der Waals surface area contributed by atoms with E-state index in [9.17, 15) is 0 Å². The zero-order valence-corrected chi connectivity index (χ0v) is 60.8. The maximum absolute atomic E-state index is 2.25. The first kappa shape index (κ1) is 65.9. The smallest absolute Gasteiger partial charge is 0.0120 e. The van der Waals surface area contributed by atoms with Gasteiger partial charge < -0.3 is 0 Å². The molecule has 0 saturated heterocycles. The summed E-state index contributed by atoms with van der Waals surface area (Å²) in [7, 11) is 0. The largest absolute Gasteiger partial charge is 0.0885 e. The Balaban J connectivity index is 0.0000000836. The number of aryl methyl sites for hydroxylation is 6. The standard InChI is InChI=1S/C20H28.C15H22.C12H10.C10H16.2C9H10.C6H12.C5H10.2C5H8/c1-2-11-12(3-1)14-7-13(11)19-15-8-16(20(14)19)18-10-5-4-9(6-10)17(15)18;1-2-10-11(3-1)13-7-12(10)14-8-4-5-9(6-8)15(13)14;1-3-9-4-2-6-11-8-7-10(5-1)12(9)11;1-2-9-7-4-5-8(6-7)10(9)3-1;2*1-2-5-9-7-3-6-8(9)4-1;1-2-4-6-5-3-1;3*1-2-4-5-3-1/h9-20H,1-8H2;8-15H,1-7H2;1-6H,7-8H2;7-10H,1-6H2;2*1-2,4-5H,3,6-7H2;1-6H2;1-5H2;2*1-2H,3-5H2. The van der Waals surface area contributed by atoms with E-state index < -0.39 is 0 Å². The van der Waals surface area contributed by atoms with E-state index in [0.29, 0.717) is 0 Å². The average molecular weight is 1290 g/mol. The zero-order valence-electron chi connectivity index (χ0n) is 60.8. The fourth-order valence-corrected chi connectivity index (χ4v) is 30.2. The summed E-state index contributed by atoms with van der Waals surface area (Å²) >= 11 is 0. The Kier molecular flexibility index (Phi) is 21.1. The molecule has 24 atom stereocenters. The molecule has 0 aromatic heterocycles. The average Bonchev–Trinajstić information content (AvgIpc) is 1.51. The van der Waals surface area contributed by atoms with E-state index in [0.717, 1.165) is 0 Å². The van der Waals surface area contributed by atoms with Gasteiger partial charge in [-0.25, -0.2) is 0 Å². The first-order chi connectivity index (χ1) is 47.7. The number of hydrogen-bond acceptors (Lipinski definition) is 0. The van der Waals surface area contributed by atoms with Crippen LogP contribution in [-0.4, -0.2) is 0 Å². The quantitative estimate of drug-likeness (QED) is 0.122. The van der Waals surface area contributed by atoms with Crippen molar-refractivity contribution >= 4 is 10.8 Å². The second-order valence-corrected chi connectivity index (χ2v) is 37.3. The Hall–Kier alpha value is -3.38. The minimum Gasteiger partial charge on any atom is -0.0885 e. The van der Waals surface area contributed by atoms with Gasteiger partial charge in [-0.05, 0) is 392 Å². The molecule has 96 heavy (non-hydrogen) atoms. The lowest BCUT2D eigenvalue weighted by molar-refractivity contribution is -0.00685. The SMILES string of the molecule is C1=CCCC1.C1=CCCC1.C1CC2C(C1)C1CC2C2C3CC(C4C5CCC(C5)C34)C12.C1CC2C(C1)C1CC2C2C3CCC(C3)C12.C1CC2C3CCC(C3)C2C1.C1CCCC1.C1CCCCC1.c1cc2c3c(cccc3c1)CC2.c1ccc2c(c1)CCC2.c1ccc2c(c1)CCC2. The van der Waals surface area contributed by atoms with E-state index in [-0.39, 0.29) is 0 Å². The number of benzene rings is 4. The molecule has 22 aliphatic rings. The Morgan fingerprint density at radius 3 is 0.823 bits per heavy atom. The fourth-order valence-electron chi connectivity index (χ4n) is 30.2. The topological polar surface area (TPSA) is 0 Å². The van der Waals surface area contributed by atoms with Crippen molar-refractivity contribution in [3.8, 4) is 0 Å². The highest BCUT2D eigenvalue weighted by molar-refractivity contribution is 5.90. The van der Waals surface area contributed by atoms with Crippen LogP contribution in [0.15, 0.2) is 109 Å². The van der Waals surface area contributed by atoms with Gasteiger partial charge in [0.1, 0.15) is 0 Å². The molecule has 0 aliphatic heterocycles. The maximum atomic E-state index is 2.25. The number of allylic oxidation sites excluding steroid dienone is 4. The molecule has 0 radical (unpaired) electrons. The van der Waals surface area contributed by atoms with Crippen molar-refractivity contribution in [3.63, 3.8) is 0 Å². The molecule has 26 rings (SSSR count). The highest BCUT2D eigenvalue weighted by Crippen LogP contribution is 2.79. The molecule has 0 spiro atoms. The van der Waals surface area contributed by atoms with Crippen molar-refractivity contribution < 1.29 is 0 Å². The highest BCUT2D eigenvalue weighted by Gasteiger charge is 2.73. The summed E-state index contributed by atoms with van der Waals surface area (Å²) < 4.78 is 0. The Bertz CT molecular complexity index is 2950. The maximum Gasteiger partial charge on any atom is -0.0120 e. The van der Waals surface area contributed by atoms with Crippen LogP contribution >= 0.6 is 0 Å². The van der Waals surface area contributed by atoms with Crippen molar-refractivity contribution in [1.29, 1.82) is 0 Å². The minimum absolute atomic E-state index is 1.19. The molecule has 24 unspecified atom stereocenters. The third kappa shape index (κ3) is 13.3. The van der Waals surface area contributed by atoms with Gasteiger partial charge in [0.25, 0.3) is 0 Å². The summed E-state index contributed by atoms with van der Waals surface area (Å²) in [6, 6.07) is 30.7. The first-order valence-electron chi connectivity index (χ1n) is 43.6. The molecule has 22 aliphatic carbocycles. The van der Waals surface area contributed by atoms with Crippen LogP contribution in [0.5, 0.6) is 0 Å². The second-order valence-electron chi connectivity index (χ2n) is 37.3. The molecule has 17 saturated carbocycles. The van der Waals surface area contributed by atoms with Crippen molar-refractivity contribution in [1.82, 2.24) is 0 Å². The van der Waals surface area contributed by atoms with Gasteiger partial charge >= 0.3 is 0 Å². The zero-order chi connectivity index (χ0) is 63.7. The highest BCUT2D eigenvalue weighted by atomic mass is 14.8. The van der Waals surface area contributed by atoms with E-state index in [1.807, 2.05) is 0 Å². The van der Waals surface area contributed by atoms with Crippen LogP contribution < -0.4 is 0 Å². The molecular formula is C96H134. The van der Waals surface area contributed by atoms with Gasteiger partial charge in [-0.2, -0.15) is 0 Å². The Morgan fingerprint density at radius 2 is 0.479 bits per heavy atom. The lowest BCUT2D eigenvalue weighted by atomic mass is 9.57. The van der Waals surface area contributed by atoms with Crippen LogP contribution in [0.3, 0.4) is 0 Å². The summed E-state index contributed by atoms with van der Waals surface area (Å²) in [4.78, 5) is 0. The second kappa shape index (κ2) is 30.7. The van der Waals surface area contributed by atoms with E-state index >= 15 is 0 Å². The monoisotopic (exact) mass is 1290 g/mol. The predicted octanol–water partition coefficient (Wildman–Crippen LogP) is 26.2. The van der Waals surface area contributed by atoms with E-state index in [2.05, 4.69) is 109 Å². The molecule has 518 valence electrons. The Labute approximate surface area is 587 Å². The summed E-state index contributed by atoms with van der Waals surface area (Å²) in [5.41, 5.74) is 9.33. The molecule has 0 nitrogen and oxygen atoms in total. The van der Waals surface area contributed by atoms with Crippen molar-refractivity contribution in [2.75, 3.05) is 0 Å². The van der Waals surface area contributed by atoms with E-state index in [1.165, 1.54) is 324 Å². The first-order valence-corrected chi connectivity index (χ1v) is 43.6. The molecule has 4 aromatic carbocycles. The van der Waals surface area contributed by atoms with Gasteiger partial charge in [0, 0.05) is 0 Å². The molecule has 0 amide bonds. The van der Waals surface area contributed by atoms with Gasteiger partial charge in [0.15, 0.2) is 0 Å². The van der Waals surface area contributed by atoms with Gasteiger partial charge in [-0.3, -0.25) is 0 Å². The summed E-state index contributed by atoms with van der Waals surface area (Å²) in [5.74, 6) is 29.4. The number of fused-ring (bicyclic) bond motifs is 38. The lowest BCUT2D eigenvalue weighted by Crippen LogP contribution is -2.44. The van der Waals surface area contributed by atoms with Crippen LogP contribution in [0.1, 0.15) is 290 Å². The molecule has 4 aromatic rings. The predicted molar refractivity (Wildman–Crippen MR) is 406 cm³/mol. The van der Waals surface area contributed by atoms with Gasteiger partial charge in [-0.1, -0.05) is 199 Å². The summed E-state index contributed by atoms with van der Waals surface area (Å²) in [6.45, 7) is 0. The molecule has 17 fully saturated rings. The Morgan fingerprint density at radius 1 is 0.188 bits per heavy atom. The lowest BCUT2D eigenvalue weighted by Gasteiger charge is -2.48. The van der Waals surface area contributed by atoms with Crippen molar-refractivity contribution in [3.05, 3.63) is 143 Å². The molecule has 0 heterocycles. The molecule has 0 heteroatoms. The van der Waals surface area contributed by atoms with Crippen LogP contribution in [-0.2, 0) is 38.5 Å². The molecule has 12 bridgehead atoms. The van der Waals surface area contributed by atoms with Gasteiger partial charge in [0.05, 0.1) is 0 Å². The van der Waals surface area contributed by atoms with Crippen LogP contribution in [0.4, 0.5) is 0 Å². The normalized spacial score (nSPS) is 41.8. The van der Waals surface area contributed by atoms with Crippen LogP contribution in [0.25, 0.3) is 10.8 Å². The van der Waals surface area contributed by atoms with Crippen LogP contribution in [0, 0.1) is 142 Å². The van der Waals surface area contributed by atoms with Crippen molar-refractivity contribution in [2.24, 2.45) is 142 Å². The third-order valence-electron chi connectivity index (χ3n) is 33.3. The summed E-state index contributed by atoms with van der Waals surface area (Å²) in [5, 5.41) is 2.92. The minimum atomic E-state index is 1.19. The molecule has 0 N–H and O–H groups in total. The van der Waals surface area contributed by atoms with Gasteiger partial charge in [-0.15, -0.1) is 0 Å². The summed E-state index contributed by atoms with van der Waals surface area (Å²) in [6.07, 6.45) is 78.0. The number of hydrogen-bond donors (Lipinski definition) is 0. The van der Waals surface area contributed by atoms with Crippen molar-refractivity contribution in [2.45, 2.75) is 295 Å². The number of rotatable bonds is 0. The fraction of sp³-hybridized carbons (Fsp3) is 0.729. The van der Waals surface area contributed by atoms with Crippen LogP contribution in [0.2, 0.25) is 0 Å². The van der Waals surface area contributed by atoms with Gasteiger partial charge in [0.2, 0.25) is 0 Å². The van der Waals surface area contributed by atoms with E-state index in [1.54, 1.807) is 157 Å². The molecular weight excluding hydrogens is 1150 g/mol. The third-order valence-corrected chi connectivity index (χ3v) is 33.3.